The molecule has 1 aliphatic rings. The van der Waals surface area contributed by atoms with E-state index in [9.17, 15) is 4.79 Å². The van der Waals surface area contributed by atoms with E-state index in [2.05, 4.69) is 15.3 Å². The van der Waals surface area contributed by atoms with Crippen LogP contribution in [0.1, 0.15) is 34.2 Å². The summed E-state index contributed by atoms with van der Waals surface area (Å²) in [6.45, 7) is 4.47. The summed E-state index contributed by atoms with van der Waals surface area (Å²) in [5.41, 5.74) is 1.60. The summed E-state index contributed by atoms with van der Waals surface area (Å²) in [5.74, 6) is 1.71. The van der Waals surface area contributed by atoms with Crippen LogP contribution in [-0.2, 0) is 4.74 Å². The smallest absolute Gasteiger partial charge is 0.257 e. The Balaban J connectivity index is 1.52. The monoisotopic (exact) mass is 330 g/mol. The number of hydrogen-bond donors (Lipinski definition) is 1. The summed E-state index contributed by atoms with van der Waals surface area (Å²) in [4.78, 5) is 22.5. The molecule has 3 rings (SSSR count). The number of carbonyl (C=O) groups excluding carboxylic acids is 1. The lowest BCUT2D eigenvalue weighted by Gasteiger charge is -2.17. The first kappa shape index (κ1) is 16.4. The number of aryl methyl sites for hydroxylation is 1. The lowest BCUT2D eigenvalue weighted by molar-refractivity contribution is 0.0798. The van der Waals surface area contributed by atoms with E-state index in [1.54, 1.807) is 31.3 Å². The van der Waals surface area contributed by atoms with Gasteiger partial charge in [0.15, 0.2) is 0 Å². The van der Waals surface area contributed by atoms with Crippen molar-refractivity contribution in [1.82, 2.24) is 14.9 Å². The molecule has 24 heavy (non-hydrogen) atoms. The molecule has 3 heterocycles. The van der Waals surface area contributed by atoms with Gasteiger partial charge in [0.05, 0.1) is 24.1 Å². The summed E-state index contributed by atoms with van der Waals surface area (Å²) < 4.78 is 10.6. The predicted molar refractivity (Wildman–Crippen MR) is 89.1 cm³/mol. The van der Waals surface area contributed by atoms with Gasteiger partial charge in [0.25, 0.3) is 5.91 Å². The molecule has 2 aromatic rings. The average Bonchev–Trinajstić information content (AvgIpc) is 3.26. The Morgan fingerprint density at radius 3 is 3.04 bits per heavy atom. The summed E-state index contributed by atoms with van der Waals surface area (Å²) >= 11 is 0. The molecule has 0 aromatic carbocycles. The Labute approximate surface area is 141 Å². The average molecular weight is 330 g/mol. The molecule has 1 amide bonds. The van der Waals surface area contributed by atoms with Crippen molar-refractivity contribution in [1.29, 1.82) is 0 Å². The minimum absolute atomic E-state index is 0.0467. The maximum absolute atomic E-state index is 12.3. The normalized spacial score (nSPS) is 17.0. The molecule has 0 radical (unpaired) electrons. The van der Waals surface area contributed by atoms with Gasteiger partial charge in [-0.3, -0.25) is 4.79 Å². The van der Waals surface area contributed by atoms with Crippen LogP contribution in [0.2, 0.25) is 0 Å². The number of ether oxygens (including phenoxy) is 1. The van der Waals surface area contributed by atoms with Gasteiger partial charge in [-0.2, -0.15) is 0 Å². The molecule has 1 saturated heterocycles. The van der Waals surface area contributed by atoms with E-state index in [0.717, 1.165) is 31.1 Å². The van der Waals surface area contributed by atoms with E-state index in [0.29, 0.717) is 30.3 Å². The highest BCUT2D eigenvalue weighted by Crippen LogP contribution is 2.24. The zero-order valence-corrected chi connectivity index (χ0v) is 14.0. The second-order valence-corrected chi connectivity index (χ2v) is 5.93. The minimum Gasteiger partial charge on any atom is -0.469 e. The van der Waals surface area contributed by atoms with Crippen LogP contribution >= 0.6 is 0 Å². The first-order valence-electron chi connectivity index (χ1n) is 8.08. The number of nitrogens with one attached hydrogen (secondary N) is 1. The Kier molecular flexibility index (Phi) is 5.10. The van der Waals surface area contributed by atoms with Crippen LogP contribution in [0.3, 0.4) is 0 Å². The van der Waals surface area contributed by atoms with Gasteiger partial charge in [-0.15, -0.1) is 0 Å². The Morgan fingerprint density at radius 2 is 2.33 bits per heavy atom. The predicted octanol–water partition coefficient (Wildman–Crippen LogP) is 2.07. The number of nitrogens with zero attached hydrogens (tertiary/aromatic N) is 3. The van der Waals surface area contributed by atoms with Crippen LogP contribution in [0.5, 0.6) is 0 Å². The molecule has 1 atom stereocenters. The Morgan fingerprint density at radius 1 is 1.46 bits per heavy atom. The van der Waals surface area contributed by atoms with E-state index in [1.165, 1.54) is 6.26 Å². The minimum atomic E-state index is -0.0467. The van der Waals surface area contributed by atoms with Crippen LogP contribution in [0, 0.1) is 6.92 Å². The molecule has 1 unspecified atom stereocenters. The van der Waals surface area contributed by atoms with E-state index in [-0.39, 0.29) is 5.91 Å². The van der Waals surface area contributed by atoms with Gasteiger partial charge in [-0.1, -0.05) is 0 Å². The van der Waals surface area contributed by atoms with E-state index in [4.69, 9.17) is 9.15 Å². The van der Waals surface area contributed by atoms with Crippen molar-refractivity contribution >= 4 is 11.7 Å². The zero-order valence-electron chi connectivity index (χ0n) is 14.0. The van der Waals surface area contributed by atoms with Crippen LogP contribution in [0.15, 0.2) is 29.1 Å². The molecule has 128 valence electrons. The van der Waals surface area contributed by atoms with E-state index >= 15 is 0 Å². The molecule has 0 aliphatic carbocycles. The second-order valence-electron chi connectivity index (χ2n) is 5.93. The first-order valence-corrected chi connectivity index (χ1v) is 8.08. The van der Waals surface area contributed by atoms with Crippen molar-refractivity contribution in [3.05, 3.63) is 41.7 Å². The highest BCUT2D eigenvalue weighted by Gasteiger charge is 2.19. The van der Waals surface area contributed by atoms with Gasteiger partial charge in [0, 0.05) is 38.7 Å². The third-order valence-corrected chi connectivity index (χ3v) is 4.23. The summed E-state index contributed by atoms with van der Waals surface area (Å²) in [7, 11) is 1.78. The fraction of sp³-hybridized carbons (Fsp3) is 0.471. The number of carbonyl (C=O) groups is 1. The summed E-state index contributed by atoms with van der Waals surface area (Å²) in [5, 5.41) is 3.24. The fourth-order valence-corrected chi connectivity index (χ4v) is 2.73. The zero-order chi connectivity index (χ0) is 16.9. The molecular formula is C17H22N4O3. The van der Waals surface area contributed by atoms with Crippen molar-refractivity contribution in [2.45, 2.75) is 19.3 Å². The van der Waals surface area contributed by atoms with Gasteiger partial charge < -0.3 is 19.4 Å². The van der Waals surface area contributed by atoms with Crippen LogP contribution in [-0.4, -0.2) is 54.1 Å². The van der Waals surface area contributed by atoms with Crippen molar-refractivity contribution in [3.63, 3.8) is 0 Å². The molecule has 7 nitrogen and oxygen atoms in total. The van der Waals surface area contributed by atoms with Crippen molar-refractivity contribution in [3.8, 4) is 0 Å². The third kappa shape index (κ3) is 3.73. The lowest BCUT2D eigenvalue weighted by atomic mass is 10.1. The number of furan rings is 1. The summed E-state index contributed by atoms with van der Waals surface area (Å²) in [6.07, 6.45) is 4.10. The lowest BCUT2D eigenvalue weighted by Crippen LogP contribution is -2.31. The third-order valence-electron chi connectivity index (χ3n) is 4.23. The number of hydrogen-bond acceptors (Lipinski definition) is 6. The van der Waals surface area contributed by atoms with Crippen LogP contribution < -0.4 is 5.32 Å². The maximum Gasteiger partial charge on any atom is 0.257 e. The van der Waals surface area contributed by atoms with E-state index < -0.39 is 0 Å². The number of anilines is 1. The highest BCUT2D eigenvalue weighted by molar-refractivity contribution is 5.94. The van der Waals surface area contributed by atoms with Crippen molar-refractivity contribution in [2.75, 3.05) is 38.7 Å². The quantitative estimate of drug-likeness (QED) is 0.873. The van der Waals surface area contributed by atoms with Crippen molar-refractivity contribution in [2.24, 2.45) is 0 Å². The van der Waals surface area contributed by atoms with Gasteiger partial charge in [0.2, 0.25) is 0 Å². The maximum atomic E-state index is 12.3. The number of aromatic nitrogens is 2. The second kappa shape index (κ2) is 7.44. The summed E-state index contributed by atoms with van der Waals surface area (Å²) in [6, 6.07) is 3.66. The molecule has 0 spiro atoms. The molecule has 7 heteroatoms. The topological polar surface area (TPSA) is 80.5 Å². The largest absolute Gasteiger partial charge is 0.469 e. The van der Waals surface area contributed by atoms with Gasteiger partial charge in [-0.05, 0) is 19.4 Å². The van der Waals surface area contributed by atoms with Gasteiger partial charge in [-0.25, -0.2) is 9.97 Å². The fourth-order valence-electron chi connectivity index (χ4n) is 2.73. The molecule has 1 fully saturated rings. The number of likely N-dealkylation sites (N-methyl/N-ethyl adjacent to an activating group) is 1. The van der Waals surface area contributed by atoms with Gasteiger partial charge >= 0.3 is 0 Å². The first-order chi connectivity index (χ1) is 11.6. The van der Waals surface area contributed by atoms with Crippen LogP contribution in [0.4, 0.5) is 5.82 Å². The van der Waals surface area contributed by atoms with E-state index in [1.807, 2.05) is 6.07 Å². The van der Waals surface area contributed by atoms with Crippen molar-refractivity contribution < 1.29 is 13.9 Å². The van der Waals surface area contributed by atoms with Crippen LogP contribution in [0.25, 0.3) is 0 Å². The number of rotatable bonds is 6. The molecule has 2 aromatic heterocycles. The standard InChI is InChI=1S/C17H22N4O3/c1-12-14(4-8-24-12)17(22)21(2)6-5-18-16-9-15(19-11-20-16)13-3-7-23-10-13/h4,8-9,11,13H,3,5-7,10H2,1-2H3,(H,18,19,20). The Bertz CT molecular complexity index is 695. The highest BCUT2D eigenvalue weighted by atomic mass is 16.5. The molecule has 0 saturated carbocycles. The number of amides is 1. The molecule has 0 bridgehead atoms. The van der Waals surface area contributed by atoms with Gasteiger partial charge in [0.1, 0.15) is 17.9 Å². The Hall–Kier alpha value is -2.41. The molecule has 1 N–H and O–H groups in total. The molecular weight excluding hydrogens is 308 g/mol. The molecule has 1 aliphatic heterocycles. The SMILES string of the molecule is Cc1occc1C(=O)N(C)CCNc1cc(C2CCOC2)ncn1.